The third kappa shape index (κ3) is 9.23. The molecule has 0 spiro atoms. The first kappa shape index (κ1) is 18.4. The highest BCUT2D eigenvalue weighted by molar-refractivity contribution is 9.10. The number of carbonyl (C=O) groups is 2. The standard InChI is InChI=1S/C4H6BBrO2.C3H4BBrO3/c1-2-3(6)4(7)8-5;4-8-3(7)2(5)1-6/h3H,2H2,1H3;2,6H,1H2/t3-;2-/m00/s1. The van der Waals surface area contributed by atoms with E-state index in [-0.39, 0.29) is 11.4 Å². The molecule has 0 fully saturated rings. The number of hydrogen-bond acceptors (Lipinski definition) is 5. The van der Waals surface area contributed by atoms with Gasteiger partial charge in [0.25, 0.3) is 0 Å². The zero-order valence-corrected chi connectivity index (χ0v) is 11.7. The van der Waals surface area contributed by atoms with Crippen molar-refractivity contribution in [3.63, 3.8) is 0 Å². The fourth-order valence-electron chi connectivity index (χ4n) is 0.389. The smallest absolute Gasteiger partial charge is 0.378 e. The van der Waals surface area contributed by atoms with Crippen molar-refractivity contribution < 1.29 is 24.0 Å². The minimum Gasteiger partial charge on any atom is -0.543 e. The SMILES string of the molecule is [B]OC(=O)[C@@H](Br)CC.[B]OC(=O)[C@@H](Br)CO. The molecule has 4 radical (unpaired) electrons. The van der Waals surface area contributed by atoms with Crippen molar-refractivity contribution in [1.29, 1.82) is 0 Å². The summed E-state index contributed by atoms with van der Waals surface area (Å²) in [4.78, 5) is 19.6. The Morgan fingerprint density at radius 2 is 1.56 bits per heavy atom. The summed E-state index contributed by atoms with van der Waals surface area (Å²) in [5.74, 6) is -1.10. The summed E-state index contributed by atoms with van der Waals surface area (Å²) in [6.07, 6.45) is 0.691. The van der Waals surface area contributed by atoms with E-state index < -0.39 is 16.8 Å². The molecular weight excluding hydrogens is 346 g/mol. The molecule has 0 aliphatic rings. The van der Waals surface area contributed by atoms with Crippen LogP contribution in [0, 0.1) is 0 Å². The van der Waals surface area contributed by atoms with Crippen molar-refractivity contribution in [3.8, 4) is 0 Å². The average Bonchev–Trinajstić information content (AvgIpc) is 2.35. The Labute approximate surface area is 113 Å². The molecule has 0 saturated heterocycles. The molecule has 0 amide bonds. The fourth-order valence-corrected chi connectivity index (χ4v) is 0.605. The van der Waals surface area contributed by atoms with Gasteiger partial charge in [0.2, 0.25) is 0 Å². The number of rotatable bonds is 4. The van der Waals surface area contributed by atoms with Crippen LogP contribution in [0.1, 0.15) is 13.3 Å². The Hall–Kier alpha value is -0.0101. The molecule has 9 heteroatoms. The van der Waals surface area contributed by atoms with Crippen LogP contribution in [-0.4, -0.2) is 49.4 Å². The lowest BCUT2D eigenvalue weighted by molar-refractivity contribution is -0.134. The quantitative estimate of drug-likeness (QED) is 0.574. The van der Waals surface area contributed by atoms with Crippen molar-refractivity contribution in [2.75, 3.05) is 6.61 Å². The van der Waals surface area contributed by atoms with Crippen molar-refractivity contribution in [2.24, 2.45) is 0 Å². The highest BCUT2D eigenvalue weighted by Gasteiger charge is 2.11. The lowest BCUT2D eigenvalue weighted by Crippen LogP contribution is -2.19. The molecular formula is C7H10B2Br2O5. The molecule has 0 aliphatic carbocycles. The monoisotopic (exact) mass is 354 g/mol. The molecule has 16 heavy (non-hydrogen) atoms. The van der Waals surface area contributed by atoms with Crippen LogP contribution < -0.4 is 0 Å². The highest BCUT2D eigenvalue weighted by atomic mass is 79.9. The molecule has 1 N–H and O–H groups in total. The Morgan fingerprint density at radius 3 is 1.69 bits per heavy atom. The lowest BCUT2D eigenvalue weighted by atomic mass is 10.3. The predicted octanol–water partition coefficient (Wildman–Crippen LogP) is 0.155. The van der Waals surface area contributed by atoms with Gasteiger partial charge in [-0.05, 0) is 6.42 Å². The van der Waals surface area contributed by atoms with Gasteiger partial charge in [0.1, 0.15) is 9.65 Å². The van der Waals surface area contributed by atoms with E-state index in [1.165, 1.54) is 0 Å². The highest BCUT2D eigenvalue weighted by Crippen LogP contribution is 2.04. The largest absolute Gasteiger partial charge is 0.543 e. The molecule has 0 aliphatic heterocycles. The summed E-state index contributed by atoms with van der Waals surface area (Å²) < 4.78 is 7.67. The summed E-state index contributed by atoms with van der Waals surface area (Å²) in [7, 11) is 9.03. The number of aliphatic hydroxyl groups excluding tert-OH is 1. The maximum atomic E-state index is 10.3. The van der Waals surface area contributed by atoms with Crippen molar-refractivity contribution >= 4 is 59.9 Å². The van der Waals surface area contributed by atoms with Gasteiger partial charge in [-0.3, -0.25) is 9.59 Å². The van der Waals surface area contributed by atoms with Crippen molar-refractivity contribution in [3.05, 3.63) is 0 Å². The van der Waals surface area contributed by atoms with E-state index in [1.807, 2.05) is 6.92 Å². The fraction of sp³-hybridized carbons (Fsp3) is 0.714. The normalized spacial score (nSPS) is 12.8. The first-order valence-electron chi connectivity index (χ1n) is 4.14. The molecule has 0 aromatic heterocycles. The minimum atomic E-state index is -0.701. The van der Waals surface area contributed by atoms with E-state index in [9.17, 15) is 9.59 Å². The molecule has 0 rings (SSSR count). The number of alkyl halides is 2. The van der Waals surface area contributed by atoms with Gasteiger partial charge in [-0.25, -0.2) is 0 Å². The maximum absolute atomic E-state index is 10.3. The number of aliphatic hydroxyl groups is 1. The zero-order valence-electron chi connectivity index (χ0n) is 8.56. The molecule has 0 heterocycles. The Balaban J connectivity index is 0. The van der Waals surface area contributed by atoms with E-state index in [0.717, 1.165) is 0 Å². The molecule has 0 saturated carbocycles. The number of halogens is 2. The van der Waals surface area contributed by atoms with Gasteiger partial charge in [-0.2, -0.15) is 0 Å². The lowest BCUT2D eigenvalue weighted by Gasteiger charge is -2.01. The third-order valence-electron chi connectivity index (χ3n) is 1.26. The van der Waals surface area contributed by atoms with Gasteiger partial charge in [0, 0.05) is 0 Å². The second-order valence-corrected chi connectivity index (χ2v) is 4.61. The van der Waals surface area contributed by atoms with Gasteiger partial charge in [0.05, 0.1) is 6.61 Å². The molecule has 5 nitrogen and oxygen atoms in total. The van der Waals surface area contributed by atoms with Crippen LogP contribution in [0.2, 0.25) is 0 Å². The molecule has 0 bridgehead atoms. The first-order chi connectivity index (χ1) is 7.44. The minimum absolute atomic E-state index is 0.257. The van der Waals surface area contributed by atoms with Gasteiger partial charge < -0.3 is 14.4 Å². The Kier molecular flexibility index (Phi) is 13.2. The summed E-state index contributed by atoms with van der Waals surface area (Å²) >= 11 is 5.85. The molecule has 0 aromatic carbocycles. The zero-order chi connectivity index (χ0) is 13.1. The van der Waals surface area contributed by atoms with Gasteiger partial charge in [-0.15, -0.1) is 0 Å². The van der Waals surface area contributed by atoms with Crippen LogP contribution in [0.15, 0.2) is 0 Å². The summed E-state index contributed by atoms with van der Waals surface area (Å²) in [6, 6.07) is 0. The second-order valence-electron chi connectivity index (χ2n) is 2.40. The van der Waals surface area contributed by atoms with Crippen LogP contribution in [0.25, 0.3) is 0 Å². The average molecular weight is 356 g/mol. The van der Waals surface area contributed by atoms with Crippen molar-refractivity contribution in [1.82, 2.24) is 0 Å². The van der Waals surface area contributed by atoms with E-state index in [0.29, 0.717) is 6.42 Å². The van der Waals surface area contributed by atoms with Crippen LogP contribution in [0.3, 0.4) is 0 Å². The van der Waals surface area contributed by atoms with Crippen LogP contribution in [0.4, 0.5) is 0 Å². The topological polar surface area (TPSA) is 72.8 Å². The number of hydrogen-bond donors (Lipinski definition) is 1. The van der Waals surface area contributed by atoms with Crippen LogP contribution in [-0.2, 0) is 18.9 Å². The predicted molar refractivity (Wildman–Crippen MR) is 66.5 cm³/mol. The Morgan fingerprint density at radius 1 is 1.19 bits per heavy atom. The van der Waals surface area contributed by atoms with Gasteiger partial charge in [0.15, 0.2) is 0 Å². The maximum Gasteiger partial charge on any atom is 0.378 e. The van der Waals surface area contributed by atoms with E-state index >= 15 is 0 Å². The van der Waals surface area contributed by atoms with E-state index in [4.69, 9.17) is 5.11 Å². The van der Waals surface area contributed by atoms with Gasteiger partial charge in [-0.1, -0.05) is 38.8 Å². The second kappa shape index (κ2) is 11.5. The van der Waals surface area contributed by atoms with E-state index in [2.05, 4.69) is 57.3 Å². The summed E-state index contributed by atoms with van der Waals surface area (Å²) in [5, 5.41) is 8.23. The van der Waals surface area contributed by atoms with Gasteiger partial charge >= 0.3 is 28.0 Å². The molecule has 2 atom stereocenters. The first-order valence-corrected chi connectivity index (χ1v) is 5.97. The summed E-state index contributed by atoms with van der Waals surface area (Å²) in [6.45, 7) is 1.55. The van der Waals surface area contributed by atoms with Crippen LogP contribution in [0.5, 0.6) is 0 Å². The van der Waals surface area contributed by atoms with Crippen LogP contribution >= 0.6 is 31.9 Å². The van der Waals surface area contributed by atoms with Crippen molar-refractivity contribution in [2.45, 2.75) is 23.0 Å². The number of carbonyl (C=O) groups excluding carboxylic acids is 2. The molecule has 0 aromatic rings. The summed E-state index contributed by atoms with van der Waals surface area (Å²) in [5.41, 5.74) is 0. The Bertz CT molecular complexity index is 195. The third-order valence-corrected chi connectivity index (χ3v) is 2.95. The molecule has 88 valence electrons. The van der Waals surface area contributed by atoms with E-state index in [1.54, 1.807) is 0 Å². The molecule has 0 unspecified atom stereocenters.